The van der Waals surface area contributed by atoms with Crippen LogP contribution in [0.25, 0.3) is 10.9 Å². The van der Waals surface area contributed by atoms with Gasteiger partial charge < -0.3 is 9.88 Å². The van der Waals surface area contributed by atoms with Crippen LogP contribution in [0.2, 0.25) is 0 Å². The van der Waals surface area contributed by atoms with Crippen molar-refractivity contribution < 1.29 is 0 Å². The molecule has 0 unspecified atom stereocenters. The summed E-state index contributed by atoms with van der Waals surface area (Å²) < 4.78 is 2.43. The first-order valence-electron chi connectivity index (χ1n) is 11.2. The van der Waals surface area contributed by atoms with Crippen molar-refractivity contribution in [2.45, 2.75) is 51.2 Å². The largest absolute Gasteiger partial charge is 0.343 e. The molecule has 7 rings (SSSR count). The lowest BCUT2D eigenvalue weighted by Crippen LogP contribution is -2.54. The zero-order valence-corrected chi connectivity index (χ0v) is 16.6. The third-order valence-corrected chi connectivity index (χ3v) is 7.82. The number of nitrogens with one attached hydrogen (secondary N) is 1. The smallest absolute Gasteiger partial charge is 0.0486 e. The highest BCUT2D eigenvalue weighted by molar-refractivity contribution is 5.84. The van der Waals surface area contributed by atoms with Gasteiger partial charge in [0.05, 0.1) is 0 Å². The van der Waals surface area contributed by atoms with Crippen LogP contribution in [-0.2, 0) is 13.1 Å². The quantitative estimate of drug-likeness (QED) is 0.618. The third-order valence-electron chi connectivity index (χ3n) is 7.82. The monoisotopic (exact) mass is 370 g/mol. The Morgan fingerprint density at radius 2 is 1.46 bits per heavy atom. The fourth-order valence-electron chi connectivity index (χ4n) is 6.86. The summed E-state index contributed by atoms with van der Waals surface area (Å²) in [6.07, 6.45) is 9.87. The molecule has 1 heterocycles. The minimum atomic E-state index is 0.754. The predicted molar refractivity (Wildman–Crippen MR) is 115 cm³/mol. The van der Waals surface area contributed by atoms with Crippen molar-refractivity contribution in [1.82, 2.24) is 9.88 Å². The van der Waals surface area contributed by atoms with Crippen LogP contribution in [0, 0.1) is 23.7 Å². The molecule has 0 saturated heterocycles. The van der Waals surface area contributed by atoms with Crippen LogP contribution in [-0.4, -0.2) is 10.6 Å². The molecule has 0 amide bonds. The van der Waals surface area contributed by atoms with Crippen LogP contribution >= 0.6 is 0 Å². The summed E-state index contributed by atoms with van der Waals surface area (Å²) in [6.45, 7) is 1.95. The van der Waals surface area contributed by atoms with Crippen molar-refractivity contribution in [3.05, 3.63) is 71.9 Å². The van der Waals surface area contributed by atoms with E-state index in [1.165, 1.54) is 54.1 Å². The number of hydrogen-bond acceptors (Lipinski definition) is 1. The van der Waals surface area contributed by atoms with E-state index < -0.39 is 0 Å². The van der Waals surface area contributed by atoms with Gasteiger partial charge in [0, 0.05) is 36.2 Å². The van der Waals surface area contributed by atoms with E-state index in [1.807, 2.05) is 0 Å². The van der Waals surface area contributed by atoms with Gasteiger partial charge in [-0.25, -0.2) is 0 Å². The molecule has 2 aromatic carbocycles. The fourth-order valence-corrected chi connectivity index (χ4v) is 6.86. The molecule has 0 aliphatic heterocycles. The minimum Gasteiger partial charge on any atom is -0.343 e. The first-order valence-corrected chi connectivity index (χ1v) is 11.2. The van der Waals surface area contributed by atoms with Crippen LogP contribution in [0.15, 0.2) is 60.8 Å². The van der Waals surface area contributed by atoms with E-state index in [4.69, 9.17) is 0 Å². The van der Waals surface area contributed by atoms with E-state index >= 15 is 0 Å². The van der Waals surface area contributed by atoms with Crippen LogP contribution in [0.5, 0.6) is 0 Å². The number of nitrogens with zero attached hydrogens (tertiary/aromatic N) is 1. The first-order chi connectivity index (χ1) is 13.8. The second-order valence-electron chi connectivity index (χ2n) is 9.62. The van der Waals surface area contributed by atoms with Gasteiger partial charge in [-0.15, -0.1) is 0 Å². The summed E-state index contributed by atoms with van der Waals surface area (Å²) in [5.41, 5.74) is 4.18. The van der Waals surface area contributed by atoms with E-state index in [2.05, 4.69) is 70.7 Å². The number of aromatic nitrogens is 1. The van der Waals surface area contributed by atoms with Gasteiger partial charge in [0.1, 0.15) is 0 Å². The second-order valence-corrected chi connectivity index (χ2v) is 9.62. The minimum absolute atomic E-state index is 0.754. The maximum absolute atomic E-state index is 4.04. The third kappa shape index (κ3) is 2.90. The number of para-hydroxylation sites is 1. The maximum Gasteiger partial charge on any atom is 0.0486 e. The van der Waals surface area contributed by atoms with Crippen molar-refractivity contribution in [3.8, 4) is 0 Å². The highest BCUT2D eigenvalue weighted by Crippen LogP contribution is 2.53. The van der Waals surface area contributed by atoms with Crippen molar-refractivity contribution in [2.75, 3.05) is 0 Å². The molecule has 4 fully saturated rings. The Bertz CT molecular complexity index is 943. The molecule has 144 valence electrons. The molecule has 1 aromatic heterocycles. The molecule has 4 saturated carbocycles. The van der Waals surface area contributed by atoms with E-state index in [1.54, 1.807) is 0 Å². The van der Waals surface area contributed by atoms with Crippen molar-refractivity contribution in [2.24, 2.45) is 23.7 Å². The maximum atomic E-state index is 4.04. The van der Waals surface area contributed by atoms with Crippen LogP contribution in [0.1, 0.15) is 43.2 Å². The molecule has 3 aromatic rings. The second kappa shape index (κ2) is 6.77. The summed E-state index contributed by atoms with van der Waals surface area (Å²) in [5, 5.41) is 5.45. The zero-order chi connectivity index (χ0) is 18.5. The highest BCUT2D eigenvalue weighted by atomic mass is 15.0. The van der Waals surface area contributed by atoms with Gasteiger partial charge in [-0.1, -0.05) is 48.5 Å². The average molecular weight is 371 g/mol. The normalized spacial score (nSPS) is 30.9. The summed E-state index contributed by atoms with van der Waals surface area (Å²) in [5.74, 6) is 3.98. The molecule has 28 heavy (non-hydrogen) atoms. The molecule has 4 aliphatic rings. The Hall–Kier alpha value is -2.06. The summed E-state index contributed by atoms with van der Waals surface area (Å²) in [7, 11) is 0. The van der Waals surface area contributed by atoms with Gasteiger partial charge in [-0.3, -0.25) is 0 Å². The number of fused-ring (bicyclic) bond motifs is 1. The van der Waals surface area contributed by atoms with Gasteiger partial charge in [0.25, 0.3) is 0 Å². The Morgan fingerprint density at radius 1 is 0.786 bits per heavy atom. The van der Waals surface area contributed by atoms with Crippen LogP contribution in [0.3, 0.4) is 0 Å². The van der Waals surface area contributed by atoms with Crippen LogP contribution in [0.4, 0.5) is 0 Å². The van der Waals surface area contributed by atoms with E-state index in [9.17, 15) is 0 Å². The van der Waals surface area contributed by atoms with Crippen molar-refractivity contribution in [1.29, 1.82) is 0 Å². The topological polar surface area (TPSA) is 17.0 Å². The Balaban J connectivity index is 1.24. The lowest BCUT2D eigenvalue weighted by molar-refractivity contribution is -0.0142. The SMILES string of the molecule is c1ccc(Cn2cc(CNC3C4CC5CC(C4)CC3C5)c3ccccc32)cc1. The summed E-state index contributed by atoms with van der Waals surface area (Å²) >= 11 is 0. The Kier molecular flexibility index (Phi) is 4.08. The first kappa shape index (κ1) is 16.9. The van der Waals surface area contributed by atoms with E-state index in [0.29, 0.717) is 0 Å². The van der Waals surface area contributed by atoms with Crippen molar-refractivity contribution in [3.63, 3.8) is 0 Å². The lowest BCUT2D eigenvalue weighted by atomic mass is 9.54. The molecular weight excluding hydrogens is 340 g/mol. The van der Waals surface area contributed by atoms with Crippen LogP contribution < -0.4 is 5.32 Å². The summed E-state index contributed by atoms with van der Waals surface area (Å²) in [4.78, 5) is 0. The van der Waals surface area contributed by atoms with Gasteiger partial charge in [0.2, 0.25) is 0 Å². The van der Waals surface area contributed by atoms with Gasteiger partial charge in [-0.05, 0) is 73.0 Å². The Morgan fingerprint density at radius 3 is 2.21 bits per heavy atom. The van der Waals surface area contributed by atoms with E-state index in [0.717, 1.165) is 42.8 Å². The Labute approximate surface area is 168 Å². The standard InChI is InChI=1S/C26H30N2/c1-2-6-18(7-3-1)16-28-17-23(24-8-4-5-9-25(24)28)15-27-26-21-11-19-10-20(13-21)14-22(26)12-19/h1-9,17,19-22,26-27H,10-16H2. The molecule has 4 aliphatic carbocycles. The molecule has 1 N–H and O–H groups in total. The molecule has 4 bridgehead atoms. The van der Waals surface area contributed by atoms with Gasteiger partial charge in [0.15, 0.2) is 0 Å². The van der Waals surface area contributed by atoms with Gasteiger partial charge >= 0.3 is 0 Å². The van der Waals surface area contributed by atoms with Crippen molar-refractivity contribution >= 4 is 10.9 Å². The predicted octanol–water partition coefficient (Wildman–Crippen LogP) is 5.60. The average Bonchev–Trinajstić information content (AvgIpc) is 3.05. The fraction of sp³-hybridized carbons (Fsp3) is 0.462. The zero-order valence-electron chi connectivity index (χ0n) is 16.6. The molecule has 2 nitrogen and oxygen atoms in total. The summed E-state index contributed by atoms with van der Waals surface area (Å²) in [6, 6.07) is 20.5. The number of rotatable bonds is 5. The molecular formula is C26H30N2. The van der Waals surface area contributed by atoms with Gasteiger partial charge in [-0.2, -0.15) is 0 Å². The molecule has 0 radical (unpaired) electrons. The molecule has 2 heteroatoms. The molecule has 0 spiro atoms. The number of hydrogen-bond donors (Lipinski definition) is 1. The lowest BCUT2D eigenvalue weighted by Gasteiger charge is -2.54. The van der Waals surface area contributed by atoms with E-state index in [-0.39, 0.29) is 0 Å². The molecule has 0 atom stereocenters. The highest BCUT2D eigenvalue weighted by Gasteiger charge is 2.47. The number of benzene rings is 2.